The van der Waals surface area contributed by atoms with Crippen molar-refractivity contribution >= 4 is 22.5 Å². The van der Waals surface area contributed by atoms with Gasteiger partial charge < -0.3 is 19.8 Å². The summed E-state index contributed by atoms with van der Waals surface area (Å²) in [4.78, 5) is 19.8. The Morgan fingerprint density at radius 3 is 2.58 bits per heavy atom. The predicted octanol–water partition coefficient (Wildman–Crippen LogP) is 2.42. The molecule has 0 saturated carbocycles. The van der Waals surface area contributed by atoms with Crippen molar-refractivity contribution in [1.82, 2.24) is 9.97 Å². The van der Waals surface area contributed by atoms with Gasteiger partial charge in [0.2, 0.25) is 0 Å². The van der Waals surface area contributed by atoms with Gasteiger partial charge in [0.25, 0.3) is 5.56 Å². The van der Waals surface area contributed by atoms with Crippen LogP contribution in [0.15, 0.2) is 41.2 Å². The van der Waals surface area contributed by atoms with Crippen LogP contribution in [0.3, 0.4) is 0 Å². The Hall–Kier alpha value is -2.57. The molecule has 7 heteroatoms. The number of nitrogens with zero attached hydrogens (tertiary/aromatic N) is 1. The van der Waals surface area contributed by atoms with E-state index in [0.717, 1.165) is 10.6 Å². The molecule has 0 saturated heterocycles. The number of halogens is 1. The molecular weight excluding hydrogens is 354 g/mol. The van der Waals surface area contributed by atoms with Gasteiger partial charge in [0.05, 0.1) is 25.1 Å². The summed E-state index contributed by atoms with van der Waals surface area (Å²) in [6.07, 6.45) is 0. The molecule has 136 valence electrons. The first kappa shape index (κ1) is 18.2. The summed E-state index contributed by atoms with van der Waals surface area (Å²) < 4.78 is 10.5. The van der Waals surface area contributed by atoms with Crippen molar-refractivity contribution in [2.75, 3.05) is 14.2 Å². The number of aromatic nitrogens is 2. The molecule has 0 amide bonds. The third-order valence-electron chi connectivity index (χ3n) is 4.32. The van der Waals surface area contributed by atoms with Gasteiger partial charge in [0.15, 0.2) is 17.3 Å². The quantitative estimate of drug-likeness (QED) is 0.694. The van der Waals surface area contributed by atoms with Gasteiger partial charge in [-0.2, -0.15) is 0 Å². The zero-order valence-corrected chi connectivity index (χ0v) is 15.6. The van der Waals surface area contributed by atoms with Crippen LogP contribution in [0.1, 0.15) is 24.4 Å². The van der Waals surface area contributed by atoms with Crippen molar-refractivity contribution < 1.29 is 14.8 Å². The van der Waals surface area contributed by atoms with E-state index in [0.29, 0.717) is 34.8 Å². The van der Waals surface area contributed by atoms with Gasteiger partial charge in [-0.3, -0.25) is 4.79 Å². The van der Waals surface area contributed by atoms with Crippen molar-refractivity contribution in [2.45, 2.75) is 19.5 Å². The van der Waals surface area contributed by atoms with Crippen LogP contribution in [-0.4, -0.2) is 24.2 Å². The molecule has 0 aliphatic carbocycles. The largest absolute Gasteiger partial charge is 0.493 e. The Morgan fingerprint density at radius 1 is 1.19 bits per heavy atom. The zero-order chi connectivity index (χ0) is 18.7. The van der Waals surface area contributed by atoms with Crippen molar-refractivity contribution in [3.05, 3.63) is 63.2 Å². The van der Waals surface area contributed by atoms with E-state index in [-0.39, 0.29) is 11.6 Å². The molecule has 2 aromatic carbocycles. The van der Waals surface area contributed by atoms with E-state index in [2.05, 4.69) is 22.2 Å². The van der Waals surface area contributed by atoms with Crippen LogP contribution in [0.4, 0.5) is 0 Å². The maximum atomic E-state index is 12.4. The average molecular weight is 375 g/mol. The van der Waals surface area contributed by atoms with E-state index in [1.54, 1.807) is 19.2 Å². The zero-order valence-electron chi connectivity index (χ0n) is 14.9. The molecule has 26 heavy (non-hydrogen) atoms. The first-order chi connectivity index (χ1) is 12.5. The highest BCUT2D eigenvalue weighted by atomic mass is 35.5. The smallest absolute Gasteiger partial charge is 0.259 e. The fourth-order valence-electron chi connectivity index (χ4n) is 2.87. The van der Waals surface area contributed by atoms with Crippen molar-refractivity contribution in [2.24, 2.45) is 0 Å². The second-order valence-electron chi connectivity index (χ2n) is 5.99. The first-order valence-electron chi connectivity index (χ1n) is 8.26. The van der Waals surface area contributed by atoms with E-state index in [1.165, 1.54) is 7.11 Å². The molecule has 6 nitrogen and oxygen atoms in total. The number of hydrogen-bond donors (Lipinski definition) is 2. The fourth-order valence-corrected chi connectivity index (χ4v) is 3.18. The van der Waals surface area contributed by atoms with Gasteiger partial charge in [0.1, 0.15) is 12.6 Å². The molecule has 0 radical (unpaired) electrons. The summed E-state index contributed by atoms with van der Waals surface area (Å²) in [7, 11) is 3.08. The molecular formula is C19H21ClN3O3+. The minimum atomic E-state index is -0.204. The summed E-state index contributed by atoms with van der Waals surface area (Å²) >= 11 is 6.25. The standard InChI is InChI=1S/C19H20ClN3O3/c1-11(12-6-4-5-7-14(12)20)21-10-18-22-15-9-17(26-3)16(25-2)8-13(15)19(24)23-18/h4-9,11,21H,10H2,1-3H3,(H,22,23,24)/p+1/t11-/m1/s1. The number of benzene rings is 2. The maximum Gasteiger partial charge on any atom is 0.259 e. The first-order valence-corrected chi connectivity index (χ1v) is 8.64. The topological polar surface area (TPSA) is 80.8 Å². The summed E-state index contributed by atoms with van der Waals surface area (Å²) in [6, 6.07) is 11.2. The van der Waals surface area contributed by atoms with Gasteiger partial charge in [0, 0.05) is 16.7 Å². The molecule has 1 aromatic heterocycles. The van der Waals surface area contributed by atoms with E-state index in [9.17, 15) is 4.79 Å². The molecule has 0 aliphatic rings. The molecule has 3 N–H and O–H groups in total. The summed E-state index contributed by atoms with van der Waals surface area (Å²) in [5.74, 6) is 1.63. The number of quaternary nitrogens is 1. The van der Waals surface area contributed by atoms with Crippen LogP contribution in [0.2, 0.25) is 5.02 Å². The number of aromatic amines is 1. The lowest BCUT2D eigenvalue weighted by molar-refractivity contribution is -0.708. The highest BCUT2D eigenvalue weighted by molar-refractivity contribution is 6.31. The van der Waals surface area contributed by atoms with Gasteiger partial charge in [-0.05, 0) is 19.1 Å². The monoisotopic (exact) mass is 374 g/mol. The molecule has 3 rings (SSSR count). The van der Waals surface area contributed by atoms with Gasteiger partial charge in [-0.1, -0.05) is 29.8 Å². The summed E-state index contributed by atoms with van der Waals surface area (Å²) in [6.45, 7) is 2.58. The molecule has 1 atom stereocenters. The third-order valence-corrected chi connectivity index (χ3v) is 4.66. The minimum absolute atomic E-state index is 0.134. The molecule has 1 heterocycles. The van der Waals surface area contributed by atoms with Crippen LogP contribution in [0, 0.1) is 0 Å². The van der Waals surface area contributed by atoms with E-state index in [4.69, 9.17) is 21.1 Å². The summed E-state index contributed by atoms with van der Waals surface area (Å²) in [5, 5.41) is 3.27. The number of methoxy groups -OCH3 is 2. The number of hydrogen-bond acceptors (Lipinski definition) is 4. The molecule has 0 bridgehead atoms. The van der Waals surface area contributed by atoms with Crippen LogP contribution in [0.5, 0.6) is 11.5 Å². The second-order valence-corrected chi connectivity index (χ2v) is 6.39. The molecule has 0 fully saturated rings. The highest BCUT2D eigenvalue weighted by Gasteiger charge is 2.15. The number of rotatable bonds is 6. The van der Waals surface area contributed by atoms with Crippen LogP contribution >= 0.6 is 11.6 Å². The molecule has 3 aromatic rings. The highest BCUT2D eigenvalue weighted by Crippen LogP contribution is 2.29. The van der Waals surface area contributed by atoms with Crippen molar-refractivity contribution in [3.8, 4) is 11.5 Å². The van der Waals surface area contributed by atoms with Crippen molar-refractivity contribution in [1.29, 1.82) is 0 Å². The number of ether oxygens (including phenoxy) is 2. The van der Waals surface area contributed by atoms with Crippen LogP contribution in [-0.2, 0) is 6.54 Å². The lowest BCUT2D eigenvalue weighted by Crippen LogP contribution is -2.83. The van der Waals surface area contributed by atoms with E-state index in [1.807, 2.05) is 24.3 Å². The Balaban J connectivity index is 1.87. The van der Waals surface area contributed by atoms with Crippen LogP contribution < -0.4 is 20.3 Å². The molecule has 0 spiro atoms. The van der Waals surface area contributed by atoms with Gasteiger partial charge in [-0.25, -0.2) is 4.98 Å². The molecule has 0 aliphatic heterocycles. The minimum Gasteiger partial charge on any atom is -0.493 e. The number of nitrogens with one attached hydrogen (secondary N) is 1. The predicted molar refractivity (Wildman–Crippen MR) is 101 cm³/mol. The van der Waals surface area contributed by atoms with Gasteiger partial charge >= 0.3 is 0 Å². The Bertz CT molecular complexity index is 987. The van der Waals surface area contributed by atoms with Gasteiger partial charge in [-0.15, -0.1) is 0 Å². The Labute approximate surface area is 156 Å². The van der Waals surface area contributed by atoms with E-state index < -0.39 is 0 Å². The van der Waals surface area contributed by atoms with E-state index >= 15 is 0 Å². The fraction of sp³-hybridized carbons (Fsp3) is 0.263. The number of H-pyrrole nitrogens is 1. The van der Waals surface area contributed by atoms with Crippen molar-refractivity contribution in [3.63, 3.8) is 0 Å². The lowest BCUT2D eigenvalue weighted by Gasteiger charge is -2.13. The Kier molecular flexibility index (Phi) is 5.44. The lowest BCUT2D eigenvalue weighted by atomic mass is 10.1. The van der Waals surface area contributed by atoms with Crippen LogP contribution in [0.25, 0.3) is 10.9 Å². The second kappa shape index (κ2) is 7.76. The Morgan fingerprint density at radius 2 is 1.88 bits per heavy atom. The average Bonchev–Trinajstić information content (AvgIpc) is 2.65. The number of nitrogens with two attached hydrogens (primary N) is 1. The SMILES string of the molecule is COc1cc2nc(C[NH2+][C@H](C)c3ccccc3Cl)[nH]c(=O)c2cc1OC. The molecule has 0 unspecified atom stereocenters. The third kappa shape index (κ3) is 3.66. The normalized spacial score (nSPS) is 12.2. The maximum absolute atomic E-state index is 12.4. The number of fused-ring (bicyclic) bond motifs is 1. The summed E-state index contributed by atoms with van der Waals surface area (Å²) in [5.41, 5.74) is 1.41.